The van der Waals surface area contributed by atoms with E-state index in [0.717, 1.165) is 11.7 Å². The van der Waals surface area contributed by atoms with Crippen LogP contribution in [0.3, 0.4) is 0 Å². The quantitative estimate of drug-likeness (QED) is 0.800. The maximum absolute atomic E-state index is 9.20. The van der Waals surface area contributed by atoms with Gasteiger partial charge in [-0.15, -0.1) is 0 Å². The van der Waals surface area contributed by atoms with Gasteiger partial charge in [-0.1, -0.05) is 11.3 Å². The zero-order chi connectivity index (χ0) is 11.8. The summed E-state index contributed by atoms with van der Waals surface area (Å²) in [6.45, 7) is 5.47. The lowest BCUT2D eigenvalue weighted by molar-refractivity contribution is -0.101. The van der Waals surface area contributed by atoms with E-state index in [0.29, 0.717) is 11.5 Å². The fourth-order valence-corrected chi connectivity index (χ4v) is 2.65. The first-order chi connectivity index (χ1) is 7.50. The summed E-state index contributed by atoms with van der Waals surface area (Å²) < 4.78 is 5.74. The number of hydrogen-bond donors (Lipinski definition) is 2. The van der Waals surface area contributed by atoms with Crippen LogP contribution < -0.4 is 10.6 Å². The second kappa shape index (κ2) is 4.20. The number of nitrogens with two attached hydrogens (primary N) is 1. The zero-order valence-electron chi connectivity index (χ0n) is 9.51. The first-order valence-electron chi connectivity index (χ1n) is 5.25. The van der Waals surface area contributed by atoms with Crippen molar-refractivity contribution in [3.63, 3.8) is 0 Å². The largest absolute Gasteiger partial charge is 0.394 e. The molecule has 0 aromatic carbocycles. The molecule has 6 heteroatoms. The van der Waals surface area contributed by atoms with Gasteiger partial charge in [-0.05, 0) is 13.8 Å². The summed E-state index contributed by atoms with van der Waals surface area (Å²) in [6.07, 6.45) is 1.50. The molecule has 1 atom stereocenters. The Labute approximate surface area is 98.8 Å². The summed E-state index contributed by atoms with van der Waals surface area (Å²) in [4.78, 5) is 6.37. The van der Waals surface area contributed by atoms with E-state index in [9.17, 15) is 5.11 Å². The lowest BCUT2D eigenvalue weighted by atomic mass is 10.1. The van der Waals surface area contributed by atoms with Crippen molar-refractivity contribution >= 4 is 21.5 Å². The average Bonchev–Trinajstić information content (AvgIpc) is 2.62. The van der Waals surface area contributed by atoms with Gasteiger partial charge >= 0.3 is 0 Å². The Hall–Kier alpha value is -0.850. The molecule has 16 heavy (non-hydrogen) atoms. The molecule has 0 spiro atoms. The zero-order valence-corrected chi connectivity index (χ0v) is 10.3. The molecule has 2 rings (SSSR count). The van der Waals surface area contributed by atoms with Crippen LogP contribution in [0.15, 0.2) is 6.20 Å². The molecule has 0 saturated carbocycles. The summed E-state index contributed by atoms with van der Waals surface area (Å²) in [7, 11) is 0. The molecule has 2 heterocycles. The van der Waals surface area contributed by atoms with E-state index in [1.807, 2.05) is 13.8 Å². The van der Waals surface area contributed by atoms with E-state index in [1.165, 1.54) is 11.3 Å². The third-order valence-corrected chi connectivity index (χ3v) is 3.35. The molecule has 3 N–H and O–H groups in total. The Kier molecular flexibility index (Phi) is 3.05. The maximum atomic E-state index is 9.20. The van der Waals surface area contributed by atoms with Crippen molar-refractivity contribution in [3.8, 4) is 0 Å². The molecule has 0 amide bonds. The molecule has 1 aromatic rings. The first kappa shape index (κ1) is 11.6. The van der Waals surface area contributed by atoms with Crippen LogP contribution in [0, 0.1) is 0 Å². The minimum absolute atomic E-state index is 0.0286. The van der Waals surface area contributed by atoms with Crippen molar-refractivity contribution < 1.29 is 9.84 Å². The molecule has 0 radical (unpaired) electrons. The molecule has 5 nitrogen and oxygen atoms in total. The number of rotatable bonds is 2. The van der Waals surface area contributed by atoms with Crippen molar-refractivity contribution in [2.45, 2.75) is 25.6 Å². The Morgan fingerprint density at radius 1 is 1.75 bits per heavy atom. The minimum atomic E-state index is -0.272. The molecule has 1 saturated heterocycles. The summed E-state index contributed by atoms with van der Waals surface area (Å²) in [5.41, 5.74) is 5.40. The van der Waals surface area contributed by atoms with Crippen molar-refractivity contribution in [2.75, 3.05) is 30.3 Å². The molecule has 0 bridgehead atoms. The molecule has 1 aromatic heterocycles. The predicted molar refractivity (Wildman–Crippen MR) is 64.8 cm³/mol. The predicted octanol–water partition coefficient (Wildman–Crippen LogP) is 0.701. The van der Waals surface area contributed by atoms with E-state index in [4.69, 9.17) is 10.5 Å². The van der Waals surface area contributed by atoms with Crippen LogP contribution in [-0.4, -0.2) is 41.5 Å². The Morgan fingerprint density at radius 2 is 2.50 bits per heavy atom. The molecule has 1 unspecified atom stereocenters. The number of ether oxygens (including phenoxy) is 1. The number of thiazole rings is 1. The number of aliphatic hydroxyl groups is 1. The van der Waals surface area contributed by atoms with Gasteiger partial charge in [0.1, 0.15) is 5.00 Å². The molecule has 0 aliphatic carbocycles. The standard InChI is InChI=1S/C10H17N3O2S/c1-10(2)6-13(4-7(5-14)15-10)9-12-3-8(11)16-9/h3,7,14H,4-6,11H2,1-2H3. The van der Waals surface area contributed by atoms with Gasteiger partial charge in [0.05, 0.1) is 24.5 Å². The smallest absolute Gasteiger partial charge is 0.187 e. The number of nitrogen functional groups attached to an aromatic ring is 1. The highest BCUT2D eigenvalue weighted by Crippen LogP contribution is 2.29. The molecular formula is C10H17N3O2S. The Balaban J connectivity index is 2.15. The lowest BCUT2D eigenvalue weighted by Crippen LogP contribution is -2.54. The van der Waals surface area contributed by atoms with Crippen LogP contribution in [-0.2, 0) is 4.74 Å². The van der Waals surface area contributed by atoms with E-state index in [-0.39, 0.29) is 18.3 Å². The number of hydrogen-bond acceptors (Lipinski definition) is 6. The van der Waals surface area contributed by atoms with E-state index in [2.05, 4.69) is 9.88 Å². The fourth-order valence-electron chi connectivity index (χ4n) is 1.96. The van der Waals surface area contributed by atoms with Gasteiger partial charge in [-0.3, -0.25) is 0 Å². The van der Waals surface area contributed by atoms with E-state index < -0.39 is 0 Å². The third-order valence-electron chi connectivity index (χ3n) is 2.47. The van der Waals surface area contributed by atoms with Crippen molar-refractivity contribution in [3.05, 3.63) is 6.20 Å². The number of morpholine rings is 1. The third kappa shape index (κ3) is 2.45. The highest BCUT2D eigenvalue weighted by Gasteiger charge is 2.34. The monoisotopic (exact) mass is 243 g/mol. The number of nitrogens with zero attached hydrogens (tertiary/aromatic N) is 2. The number of aliphatic hydroxyl groups excluding tert-OH is 1. The summed E-state index contributed by atoms with van der Waals surface area (Å²) in [5.74, 6) is 0. The Bertz CT molecular complexity index is 367. The van der Waals surface area contributed by atoms with Crippen LogP contribution in [0.4, 0.5) is 10.1 Å². The van der Waals surface area contributed by atoms with Gasteiger partial charge in [0.25, 0.3) is 0 Å². The van der Waals surface area contributed by atoms with Crippen LogP contribution in [0.5, 0.6) is 0 Å². The topological polar surface area (TPSA) is 71.6 Å². The number of anilines is 2. The molecule has 1 aliphatic heterocycles. The Morgan fingerprint density at radius 3 is 3.06 bits per heavy atom. The molecule has 1 fully saturated rings. The van der Waals surface area contributed by atoms with Crippen molar-refractivity contribution in [2.24, 2.45) is 0 Å². The van der Waals surface area contributed by atoms with Gasteiger partial charge in [0, 0.05) is 13.1 Å². The van der Waals surface area contributed by atoms with Crippen LogP contribution in [0.25, 0.3) is 0 Å². The van der Waals surface area contributed by atoms with E-state index in [1.54, 1.807) is 6.20 Å². The lowest BCUT2D eigenvalue weighted by Gasteiger charge is -2.42. The fraction of sp³-hybridized carbons (Fsp3) is 0.700. The van der Waals surface area contributed by atoms with E-state index >= 15 is 0 Å². The molecule has 90 valence electrons. The first-order valence-corrected chi connectivity index (χ1v) is 6.07. The highest BCUT2D eigenvalue weighted by atomic mass is 32.1. The highest BCUT2D eigenvalue weighted by molar-refractivity contribution is 7.19. The van der Waals surface area contributed by atoms with Crippen LogP contribution in [0.1, 0.15) is 13.8 Å². The second-order valence-corrected chi connectivity index (χ2v) is 5.65. The number of aromatic nitrogens is 1. The summed E-state index contributed by atoms with van der Waals surface area (Å²) in [6, 6.07) is 0. The average molecular weight is 243 g/mol. The molecular weight excluding hydrogens is 226 g/mol. The SMILES string of the molecule is CC1(C)CN(c2ncc(N)s2)CC(CO)O1. The van der Waals surface area contributed by atoms with Crippen LogP contribution >= 0.6 is 11.3 Å². The summed E-state index contributed by atoms with van der Waals surface area (Å²) in [5, 5.41) is 10.8. The summed E-state index contributed by atoms with van der Waals surface area (Å²) >= 11 is 1.46. The van der Waals surface area contributed by atoms with Gasteiger partial charge in [-0.2, -0.15) is 0 Å². The van der Waals surface area contributed by atoms with Crippen LogP contribution in [0.2, 0.25) is 0 Å². The minimum Gasteiger partial charge on any atom is -0.394 e. The molecule has 1 aliphatic rings. The normalized spacial score (nSPS) is 24.7. The second-order valence-electron chi connectivity index (χ2n) is 4.61. The van der Waals surface area contributed by atoms with Gasteiger partial charge in [0.2, 0.25) is 0 Å². The van der Waals surface area contributed by atoms with Gasteiger partial charge in [-0.25, -0.2) is 4.98 Å². The van der Waals surface area contributed by atoms with Crippen molar-refractivity contribution in [1.29, 1.82) is 0 Å². The van der Waals surface area contributed by atoms with Crippen molar-refractivity contribution in [1.82, 2.24) is 4.98 Å². The maximum Gasteiger partial charge on any atom is 0.187 e. The van der Waals surface area contributed by atoms with Gasteiger partial charge < -0.3 is 20.5 Å². The van der Waals surface area contributed by atoms with Gasteiger partial charge in [0.15, 0.2) is 5.13 Å².